The lowest BCUT2D eigenvalue weighted by Crippen LogP contribution is -2.44. The van der Waals surface area contributed by atoms with Gasteiger partial charge in [-0.05, 0) is 53.6 Å². The van der Waals surface area contributed by atoms with Crippen LogP contribution >= 0.6 is 11.3 Å². The number of ether oxygens (including phenoxy) is 1. The summed E-state index contributed by atoms with van der Waals surface area (Å²) in [6.07, 6.45) is 2.23. The van der Waals surface area contributed by atoms with Crippen LogP contribution in [-0.4, -0.2) is 38.5 Å². The Labute approximate surface area is 164 Å². The summed E-state index contributed by atoms with van der Waals surface area (Å²) >= 11 is 1.67. The molecule has 0 radical (unpaired) electrons. The van der Waals surface area contributed by atoms with Crippen LogP contribution in [0.25, 0.3) is 10.8 Å². The van der Waals surface area contributed by atoms with Crippen molar-refractivity contribution in [3.63, 3.8) is 0 Å². The van der Waals surface area contributed by atoms with Gasteiger partial charge in [0.05, 0.1) is 4.90 Å². The van der Waals surface area contributed by atoms with E-state index in [1.807, 2.05) is 41.8 Å². The number of benzene rings is 2. The fourth-order valence-corrected chi connectivity index (χ4v) is 6.03. The quantitative estimate of drug-likeness (QED) is 0.618. The third-order valence-electron chi connectivity index (χ3n) is 5.08. The van der Waals surface area contributed by atoms with Crippen molar-refractivity contribution in [2.45, 2.75) is 30.2 Å². The molecule has 1 aliphatic rings. The lowest BCUT2D eigenvalue weighted by Gasteiger charge is -2.33. The number of thiophene rings is 1. The Bertz CT molecular complexity index is 993. The van der Waals surface area contributed by atoms with E-state index in [9.17, 15) is 8.42 Å². The van der Waals surface area contributed by atoms with Gasteiger partial charge >= 0.3 is 0 Å². The van der Waals surface area contributed by atoms with Crippen molar-refractivity contribution in [3.05, 3.63) is 64.9 Å². The van der Waals surface area contributed by atoms with Gasteiger partial charge in [-0.2, -0.15) is 4.31 Å². The van der Waals surface area contributed by atoms with Crippen molar-refractivity contribution in [2.24, 2.45) is 0 Å². The topological polar surface area (TPSA) is 46.6 Å². The van der Waals surface area contributed by atoms with Gasteiger partial charge in [-0.3, -0.25) is 0 Å². The highest BCUT2D eigenvalue weighted by atomic mass is 32.2. The maximum atomic E-state index is 13.5. The van der Waals surface area contributed by atoms with E-state index in [-0.39, 0.29) is 6.04 Å². The van der Waals surface area contributed by atoms with Gasteiger partial charge in [0.1, 0.15) is 0 Å². The molecule has 0 spiro atoms. The number of sulfonamides is 1. The molecule has 0 saturated carbocycles. The molecule has 1 aliphatic heterocycles. The first-order valence-electron chi connectivity index (χ1n) is 9.25. The summed E-state index contributed by atoms with van der Waals surface area (Å²) in [5.41, 5.74) is 0. The monoisotopic (exact) mass is 401 g/mol. The molecule has 0 unspecified atom stereocenters. The lowest BCUT2D eigenvalue weighted by molar-refractivity contribution is 0.0587. The number of fused-ring (bicyclic) bond motifs is 1. The second kappa shape index (κ2) is 8.10. The molecule has 2 heterocycles. The Morgan fingerprint density at radius 2 is 1.78 bits per heavy atom. The second-order valence-electron chi connectivity index (χ2n) is 6.80. The Balaban J connectivity index is 1.66. The highest BCUT2D eigenvalue weighted by Gasteiger charge is 2.32. The van der Waals surface area contributed by atoms with Crippen LogP contribution in [0.5, 0.6) is 0 Å². The molecule has 142 valence electrons. The number of nitrogens with zero attached hydrogens (tertiary/aromatic N) is 1. The van der Waals surface area contributed by atoms with Gasteiger partial charge in [-0.15, -0.1) is 11.3 Å². The highest BCUT2D eigenvalue weighted by Crippen LogP contribution is 2.27. The van der Waals surface area contributed by atoms with Crippen LogP contribution in [0.3, 0.4) is 0 Å². The first kappa shape index (κ1) is 18.6. The lowest BCUT2D eigenvalue weighted by atomic mass is 10.1. The zero-order valence-corrected chi connectivity index (χ0v) is 16.7. The predicted octanol–water partition coefficient (Wildman–Crippen LogP) is 4.31. The van der Waals surface area contributed by atoms with Crippen LogP contribution in [0.15, 0.2) is 64.9 Å². The van der Waals surface area contributed by atoms with Crippen LogP contribution < -0.4 is 0 Å². The molecular formula is C21H23NO3S2. The van der Waals surface area contributed by atoms with Crippen LogP contribution in [0.4, 0.5) is 0 Å². The third-order valence-corrected chi connectivity index (χ3v) is 7.97. The second-order valence-corrected chi connectivity index (χ2v) is 9.72. The molecule has 0 bridgehead atoms. The fraction of sp³-hybridized carbons (Fsp3) is 0.333. The van der Waals surface area contributed by atoms with Gasteiger partial charge in [0.2, 0.25) is 10.0 Å². The molecule has 0 amide bonds. The van der Waals surface area contributed by atoms with Crippen molar-refractivity contribution in [1.29, 1.82) is 0 Å². The molecule has 0 aliphatic carbocycles. The molecule has 1 saturated heterocycles. The van der Waals surface area contributed by atoms with E-state index in [1.54, 1.807) is 27.8 Å². The van der Waals surface area contributed by atoms with Crippen molar-refractivity contribution < 1.29 is 13.2 Å². The summed E-state index contributed by atoms with van der Waals surface area (Å²) in [7, 11) is -3.56. The van der Waals surface area contributed by atoms with Gasteiger partial charge < -0.3 is 4.74 Å². The van der Waals surface area contributed by atoms with Gasteiger partial charge in [0.15, 0.2) is 0 Å². The van der Waals surface area contributed by atoms with Crippen LogP contribution in [0.1, 0.15) is 17.7 Å². The summed E-state index contributed by atoms with van der Waals surface area (Å²) < 4.78 is 34.2. The highest BCUT2D eigenvalue weighted by molar-refractivity contribution is 7.89. The first-order chi connectivity index (χ1) is 13.1. The van der Waals surface area contributed by atoms with E-state index in [0.717, 1.165) is 30.0 Å². The molecule has 3 aromatic rings. The minimum Gasteiger partial charge on any atom is -0.381 e. The Morgan fingerprint density at radius 1 is 1.00 bits per heavy atom. The summed E-state index contributed by atoms with van der Waals surface area (Å²) in [6, 6.07) is 17.3. The zero-order valence-electron chi connectivity index (χ0n) is 15.1. The van der Waals surface area contributed by atoms with Gasteiger partial charge in [0, 0.05) is 30.7 Å². The molecule has 2 aromatic carbocycles. The SMILES string of the molecule is O=S(=O)(c1ccc2ccccc2c1)N(CCc1cccs1)C1CCOCC1. The maximum absolute atomic E-state index is 13.5. The van der Waals surface area contributed by atoms with E-state index < -0.39 is 10.0 Å². The molecule has 6 heteroatoms. The number of hydrogen-bond donors (Lipinski definition) is 0. The minimum atomic E-state index is -3.56. The summed E-state index contributed by atoms with van der Waals surface area (Å²) in [6.45, 7) is 1.74. The van der Waals surface area contributed by atoms with E-state index in [2.05, 4.69) is 6.07 Å². The fourth-order valence-electron chi connectivity index (χ4n) is 3.61. The van der Waals surface area contributed by atoms with E-state index in [0.29, 0.717) is 24.7 Å². The first-order valence-corrected chi connectivity index (χ1v) is 11.6. The minimum absolute atomic E-state index is 0.00446. The van der Waals surface area contributed by atoms with Gasteiger partial charge in [-0.25, -0.2) is 8.42 Å². The Morgan fingerprint density at radius 3 is 2.52 bits per heavy atom. The molecule has 27 heavy (non-hydrogen) atoms. The van der Waals surface area contributed by atoms with Gasteiger partial charge in [0.25, 0.3) is 0 Å². The average molecular weight is 402 g/mol. The standard InChI is InChI=1S/C21H23NO3S2/c23-27(24,21-8-7-17-4-1-2-5-18(17)16-21)22(19-10-13-25-14-11-19)12-9-20-6-3-15-26-20/h1-8,15-16,19H,9-14H2. The largest absolute Gasteiger partial charge is 0.381 e. The molecular weight excluding hydrogens is 378 g/mol. The number of rotatable bonds is 6. The maximum Gasteiger partial charge on any atom is 0.243 e. The van der Waals surface area contributed by atoms with Crippen molar-refractivity contribution in [2.75, 3.05) is 19.8 Å². The molecule has 1 aromatic heterocycles. The summed E-state index contributed by atoms with van der Waals surface area (Å²) in [5, 5.41) is 4.03. The molecule has 0 N–H and O–H groups in total. The smallest absolute Gasteiger partial charge is 0.243 e. The molecule has 0 atom stereocenters. The van der Waals surface area contributed by atoms with Crippen LogP contribution in [-0.2, 0) is 21.2 Å². The summed E-state index contributed by atoms with van der Waals surface area (Å²) in [4.78, 5) is 1.58. The van der Waals surface area contributed by atoms with Crippen LogP contribution in [0.2, 0.25) is 0 Å². The van der Waals surface area contributed by atoms with Crippen molar-refractivity contribution >= 4 is 32.1 Å². The van der Waals surface area contributed by atoms with Crippen LogP contribution in [0, 0.1) is 0 Å². The van der Waals surface area contributed by atoms with E-state index in [4.69, 9.17) is 4.74 Å². The van der Waals surface area contributed by atoms with Crippen molar-refractivity contribution in [3.8, 4) is 0 Å². The molecule has 4 rings (SSSR count). The van der Waals surface area contributed by atoms with E-state index >= 15 is 0 Å². The summed E-state index contributed by atoms with van der Waals surface area (Å²) in [5.74, 6) is 0. The van der Waals surface area contributed by atoms with Gasteiger partial charge in [-0.1, -0.05) is 36.4 Å². The Hall–Kier alpha value is -1.73. The van der Waals surface area contributed by atoms with Crippen molar-refractivity contribution in [1.82, 2.24) is 4.31 Å². The normalized spacial score (nSPS) is 16.2. The average Bonchev–Trinajstić information content (AvgIpc) is 3.22. The third kappa shape index (κ3) is 4.09. The van der Waals surface area contributed by atoms with E-state index in [1.165, 1.54) is 4.88 Å². The number of hydrogen-bond acceptors (Lipinski definition) is 4. The zero-order chi connectivity index (χ0) is 18.7. The predicted molar refractivity (Wildman–Crippen MR) is 110 cm³/mol. The molecule has 1 fully saturated rings. The Kier molecular flexibility index (Phi) is 5.59. The molecule has 4 nitrogen and oxygen atoms in total.